The molecular weight excluding hydrogens is 368 g/mol. The molecule has 2 aliphatic rings. The molecule has 0 amide bonds. The molecule has 1 N–H and O–H groups in total. The van der Waals surface area contributed by atoms with Crippen LogP contribution in [-0.4, -0.2) is 67.0 Å². The maximum atomic E-state index is 13.2. The topological polar surface area (TPSA) is 87.8 Å². The molecule has 0 aliphatic carbocycles. The highest BCUT2D eigenvalue weighted by atomic mass is 32.2. The minimum Gasteiger partial charge on any atom is -0.490 e. The zero-order chi connectivity index (χ0) is 18.9. The van der Waals surface area contributed by atoms with Gasteiger partial charge < -0.3 is 14.5 Å². The third-order valence-electron chi connectivity index (χ3n) is 5.05. The predicted molar refractivity (Wildman–Crippen MR) is 99.4 cm³/mol. The van der Waals surface area contributed by atoms with Crippen molar-refractivity contribution in [3.05, 3.63) is 36.4 Å². The standard InChI is InChI=1S/C18H24N4O4S/c1-2-21-8-9-22(13-15(21)18-19-6-7-20-18)27(23,24)14-4-5-16-17(12-14)26-11-3-10-25-16/h4-7,12,15H,2-3,8-11,13H2,1H3,(H,19,20)/t15-/m0/s1. The Bertz CT molecular complexity index is 885. The number of aromatic amines is 1. The molecule has 1 fully saturated rings. The monoisotopic (exact) mass is 392 g/mol. The number of nitrogens with zero attached hydrogens (tertiary/aromatic N) is 3. The summed E-state index contributed by atoms with van der Waals surface area (Å²) in [6.45, 7) is 5.47. The number of likely N-dealkylation sites (N-methyl/N-ethyl adjacent to an activating group) is 1. The van der Waals surface area contributed by atoms with Gasteiger partial charge >= 0.3 is 0 Å². The molecule has 0 saturated carbocycles. The summed E-state index contributed by atoms with van der Waals surface area (Å²) in [6.07, 6.45) is 4.24. The lowest BCUT2D eigenvalue weighted by molar-refractivity contribution is 0.119. The minimum absolute atomic E-state index is 0.0889. The summed E-state index contributed by atoms with van der Waals surface area (Å²) in [7, 11) is -3.63. The Hall–Kier alpha value is -2.10. The first-order valence-corrected chi connectivity index (χ1v) is 10.7. The number of imidazole rings is 1. The number of rotatable bonds is 4. The summed E-state index contributed by atoms with van der Waals surface area (Å²) >= 11 is 0. The Morgan fingerprint density at radius 3 is 2.78 bits per heavy atom. The van der Waals surface area contributed by atoms with E-state index >= 15 is 0 Å². The van der Waals surface area contributed by atoms with Gasteiger partial charge in [-0.3, -0.25) is 4.90 Å². The van der Waals surface area contributed by atoms with E-state index in [9.17, 15) is 8.42 Å². The number of nitrogens with one attached hydrogen (secondary N) is 1. The molecule has 3 heterocycles. The van der Waals surface area contributed by atoms with Crippen molar-refractivity contribution in [2.75, 3.05) is 39.4 Å². The van der Waals surface area contributed by atoms with Crippen LogP contribution in [0.25, 0.3) is 0 Å². The normalized spacial score (nSPS) is 21.7. The highest BCUT2D eigenvalue weighted by Gasteiger charge is 2.35. The van der Waals surface area contributed by atoms with Crippen molar-refractivity contribution >= 4 is 10.0 Å². The Morgan fingerprint density at radius 2 is 2.04 bits per heavy atom. The number of piperazine rings is 1. The Morgan fingerprint density at radius 1 is 1.22 bits per heavy atom. The molecule has 0 bridgehead atoms. The van der Waals surface area contributed by atoms with E-state index < -0.39 is 10.0 Å². The number of H-pyrrole nitrogens is 1. The molecule has 2 aromatic rings. The molecule has 146 valence electrons. The second kappa shape index (κ2) is 7.49. The Labute approximate surface area is 159 Å². The van der Waals surface area contributed by atoms with Gasteiger partial charge in [-0.1, -0.05) is 6.92 Å². The lowest BCUT2D eigenvalue weighted by atomic mass is 10.2. The summed E-state index contributed by atoms with van der Waals surface area (Å²) in [4.78, 5) is 9.93. The first-order chi connectivity index (χ1) is 13.1. The SMILES string of the molecule is CCN1CCN(S(=O)(=O)c2ccc3c(c2)OCCCO3)C[C@H]1c1ncc[nH]1. The molecule has 27 heavy (non-hydrogen) atoms. The van der Waals surface area contributed by atoms with Crippen molar-refractivity contribution in [1.29, 1.82) is 0 Å². The smallest absolute Gasteiger partial charge is 0.243 e. The Balaban J connectivity index is 1.61. The van der Waals surface area contributed by atoms with E-state index in [2.05, 4.69) is 21.8 Å². The molecule has 1 aromatic heterocycles. The molecule has 0 radical (unpaired) electrons. The second-order valence-corrected chi connectivity index (χ2v) is 8.58. The molecule has 2 aliphatic heterocycles. The third-order valence-corrected chi connectivity index (χ3v) is 6.91. The van der Waals surface area contributed by atoms with Crippen LogP contribution in [0.1, 0.15) is 25.2 Å². The predicted octanol–water partition coefficient (Wildman–Crippen LogP) is 1.64. The van der Waals surface area contributed by atoms with Crippen LogP contribution in [0.2, 0.25) is 0 Å². The first kappa shape index (κ1) is 18.3. The number of sulfonamides is 1. The average molecular weight is 392 g/mol. The molecule has 4 rings (SSSR count). The molecule has 9 heteroatoms. The molecule has 8 nitrogen and oxygen atoms in total. The number of benzene rings is 1. The van der Waals surface area contributed by atoms with Crippen LogP contribution >= 0.6 is 0 Å². The number of fused-ring (bicyclic) bond motifs is 1. The highest BCUT2D eigenvalue weighted by molar-refractivity contribution is 7.89. The number of hydrogen-bond donors (Lipinski definition) is 1. The van der Waals surface area contributed by atoms with E-state index in [0.717, 1.165) is 18.8 Å². The van der Waals surface area contributed by atoms with Crippen molar-refractivity contribution in [3.8, 4) is 11.5 Å². The van der Waals surface area contributed by atoms with E-state index in [1.807, 2.05) is 0 Å². The van der Waals surface area contributed by atoms with Crippen LogP contribution in [0, 0.1) is 0 Å². The van der Waals surface area contributed by atoms with Crippen molar-refractivity contribution in [2.45, 2.75) is 24.3 Å². The van der Waals surface area contributed by atoms with Crippen molar-refractivity contribution < 1.29 is 17.9 Å². The summed E-state index contributed by atoms with van der Waals surface area (Å²) < 4.78 is 39.3. The first-order valence-electron chi connectivity index (χ1n) is 9.22. The fourth-order valence-electron chi connectivity index (χ4n) is 3.56. The van der Waals surface area contributed by atoms with Gasteiger partial charge in [-0.15, -0.1) is 0 Å². The summed E-state index contributed by atoms with van der Waals surface area (Å²) in [6, 6.07) is 4.76. The van der Waals surface area contributed by atoms with Crippen LogP contribution in [0.15, 0.2) is 35.5 Å². The van der Waals surface area contributed by atoms with Crippen LogP contribution in [-0.2, 0) is 10.0 Å². The number of aromatic nitrogens is 2. The molecule has 1 atom stereocenters. The van der Waals surface area contributed by atoms with Gasteiger partial charge in [0.15, 0.2) is 11.5 Å². The van der Waals surface area contributed by atoms with E-state index in [1.165, 1.54) is 4.31 Å². The van der Waals surface area contributed by atoms with Crippen molar-refractivity contribution in [2.24, 2.45) is 0 Å². The number of ether oxygens (including phenoxy) is 2. The summed E-state index contributed by atoms with van der Waals surface area (Å²) in [5, 5.41) is 0. The fraction of sp³-hybridized carbons (Fsp3) is 0.500. The lowest BCUT2D eigenvalue weighted by Gasteiger charge is -2.39. The van der Waals surface area contributed by atoms with Gasteiger partial charge in [0, 0.05) is 44.5 Å². The molecule has 1 saturated heterocycles. The Kier molecular flexibility index (Phi) is 5.07. The lowest BCUT2D eigenvalue weighted by Crippen LogP contribution is -2.50. The van der Waals surface area contributed by atoms with Crippen LogP contribution in [0.4, 0.5) is 0 Å². The van der Waals surface area contributed by atoms with Gasteiger partial charge in [-0.2, -0.15) is 4.31 Å². The van der Waals surface area contributed by atoms with Gasteiger partial charge in [0.1, 0.15) is 5.82 Å². The minimum atomic E-state index is -3.63. The largest absolute Gasteiger partial charge is 0.490 e. The summed E-state index contributed by atoms with van der Waals surface area (Å²) in [5.41, 5.74) is 0. The molecule has 1 aromatic carbocycles. The van der Waals surface area contributed by atoms with E-state index in [4.69, 9.17) is 9.47 Å². The third kappa shape index (κ3) is 3.54. The maximum absolute atomic E-state index is 13.2. The zero-order valence-electron chi connectivity index (χ0n) is 15.3. The van der Waals surface area contributed by atoms with E-state index in [1.54, 1.807) is 30.6 Å². The van der Waals surface area contributed by atoms with E-state index in [-0.39, 0.29) is 10.9 Å². The van der Waals surface area contributed by atoms with Gasteiger partial charge in [0.2, 0.25) is 10.0 Å². The van der Waals surface area contributed by atoms with Crippen LogP contribution in [0.3, 0.4) is 0 Å². The van der Waals surface area contributed by atoms with Crippen molar-refractivity contribution in [3.63, 3.8) is 0 Å². The maximum Gasteiger partial charge on any atom is 0.243 e. The van der Waals surface area contributed by atoms with Gasteiger partial charge in [-0.05, 0) is 18.7 Å². The van der Waals surface area contributed by atoms with E-state index in [0.29, 0.717) is 44.3 Å². The molecule has 0 unspecified atom stereocenters. The molecule has 0 spiro atoms. The van der Waals surface area contributed by atoms with Gasteiger partial charge in [0.25, 0.3) is 0 Å². The van der Waals surface area contributed by atoms with Gasteiger partial charge in [-0.25, -0.2) is 13.4 Å². The van der Waals surface area contributed by atoms with Crippen LogP contribution in [0.5, 0.6) is 11.5 Å². The summed E-state index contributed by atoms with van der Waals surface area (Å²) in [5.74, 6) is 1.87. The van der Waals surface area contributed by atoms with Gasteiger partial charge in [0.05, 0.1) is 24.2 Å². The zero-order valence-corrected chi connectivity index (χ0v) is 16.1. The number of hydrogen-bond acceptors (Lipinski definition) is 6. The average Bonchev–Trinajstić information content (AvgIpc) is 3.12. The second-order valence-electron chi connectivity index (χ2n) is 6.64. The quantitative estimate of drug-likeness (QED) is 0.851. The van der Waals surface area contributed by atoms with Crippen LogP contribution < -0.4 is 9.47 Å². The fourth-order valence-corrected chi connectivity index (χ4v) is 5.02. The molecular formula is C18H24N4O4S. The van der Waals surface area contributed by atoms with Crippen molar-refractivity contribution in [1.82, 2.24) is 19.2 Å². The highest BCUT2D eigenvalue weighted by Crippen LogP contribution is 2.34.